The van der Waals surface area contributed by atoms with Crippen molar-refractivity contribution in [3.8, 4) is 5.75 Å². The number of nitrogens with one attached hydrogen (secondary N) is 2. The van der Waals surface area contributed by atoms with Gasteiger partial charge < -0.3 is 5.11 Å². The normalized spacial score (nSPS) is 13.1. The molecular formula is C26H28N6O. The second-order valence-electron chi connectivity index (χ2n) is 9.89. The number of H-pyrrole nitrogens is 2. The minimum atomic E-state index is -0.592. The van der Waals surface area contributed by atoms with Crippen molar-refractivity contribution in [1.82, 2.24) is 30.8 Å². The fourth-order valence-electron chi connectivity index (χ4n) is 5.33. The van der Waals surface area contributed by atoms with Crippen molar-refractivity contribution in [3.05, 3.63) is 77.4 Å². The van der Waals surface area contributed by atoms with Crippen LogP contribution in [0.3, 0.4) is 0 Å². The Morgan fingerprint density at radius 3 is 1.61 bits per heavy atom. The molecule has 7 nitrogen and oxygen atoms in total. The zero-order valence-electron chi connectivity index (χ0n) is 19.5. The molecule has 3 aromatic carbocycles. The minimum absolute atomic E-state index is 0.289. The van der Waals surface area contributed by atoms with Crippen molar-refractivity contribution in [2.45, 2.75) is 45.4 Å². The maximum Gasteiger partial charge on any atom is 0.119 e. The number of aromatic nitrogens is 6. The first-order chi connectivity index (χ1) is 15.7. The molecule has 0 saturated carbocycles. The third-order valence-electron chi connectivity index (χ3n) is 8.16. The zero-order chi connectivity index (χ0) is 23.4. The molecule has 5 aromatic rings. The van der Waals surface area contributed by atoms with Crippen LogP contribution in [-0.4, -0.2) is 35.9 Å². The van der Waals surface area contributed by atoms with Crippen molar-refractivity contribution in [2.75, 3.05) is 0 Å². The van der Waals surface area contributed by atoms with E-state index in [4.69, 9.17) is 0 Å². The van der Waals surface area contributed by atoms with E-state index < -0.39 is 16.2 Å². The maximum atomic E-state index is 10.8. The van der Waals surface area contributed by atoms with Gasteiger partial charge in [-0.1, -0.05) is 77.1 Å². The fourth-order valence-corrected chi connectivity index (χ4v) is 5.33. The van der Waals surface area contributed by atoms with Gasteiger partial charge in [-0.2, -0.15) is 30.8 Å². The molecular weight excluding hydrogens is 412 g/mol. The van der Waals surface area contributed by atoms with Crippen LogP contribution in [-0.2, 0) is 10.8 Å². The highest BCUT2D eigenvalue weighted by molar-refractivity contribution is 5.84. The second-order valence-corrected chi connectivity index (χ2v) is 9.89. The maximum absolute atomic E-state index is 10.8. The number of phenols is 1. The summed E-state index contributed by atoms with van der Waals surface area (Å²) < 4.78 is 0. The van der Waals surface area contributed by atoms with Gasteiger partial charge in [0.25, 0.3) is 0 Å². The molecule has 0 saturated heterocycles. The lowest BCUT2D eigenvalue weighted by molar-refractivity contribution is 0.106. The third kappa shape index (κ3) is 2.81. The molecule has 0 aliphatic rings. The van der Waals surface area contributed by atoms with Crippen molar-refractivity contribution >= 4 is 22.1 Å². The highest BCUT2D eigenvalue weighted by Crippen LogP contribution is 2.59. The fraction of sp³-hybridized carbons (Fsp3) is 0.308. The molecule has 3 N–H and O–H groups in total. The van der Waals surface area contributed by atoms with Gasteiger partial charge in [0, 0.05) is 11.0 Å². The summed E-state index contributed by atoms with van der Waals surface area (Å²) in [5.74, 6) is 0.289. The summed E-state index contributed by atoms with van der Waals surface area (Å²) in [6, 6.07) is 19.8. The predicted octanol–water partition coefficient (Wildman–Crippen LogP) is 5.24. The SMILES string of the molecule is CC(C)(c1ccccc1O)C(C)(C)C(C)(c1cccc2n[nH]nc12)c1cccc2n[nH]nc12. The number of aromatic hydroxyl groups is 1. The van der Waals surface area contributed by atoms with Gasteiger partial charge >= 0.3 is 0 Å². The first-order valence-corrected chi connectivity index (χ1v) is 11.1. The van der Waals surface area contributed by atoms with Gasteiger partial charge in [-0.25, -0.2) is 0 Å². The largest absolute Gasteiger partial charge is 0.508 e. The number of nitrogens with zero attached hydrogens (tertiary/aromatic N) is 4. The lowest BCUT2D eigenvalue weighted by Crippen LogP contribution is -2.52. The number of aromatic amines is 2. The monoisotopic (exact) mass is 440 g/mol. The number of phenolic OH excluding ortho intramolecular Hbond substituents is 1. The molecule has 0 fully saturated rings. The molecule has 7 heteroatoms. The molecule has 0 aliphatic carbocycles. The van der Waals surface area contributed by atoms with E-state index >= 15 is 0 Å². The van der Waals surface area contributed by atoms with Gasteiger partial charge in [0.2, 0.25) is 0 Å². The van der Waals surface area contributed by atoms with Crippen LogP contribution in [0.5, 0.6) is 5.75 Å². The van der Waals surface area contributed by atoms with Crippen LogP contribution in [0.2, 0.25) is 0 Å². The van der Waals surface area contributed by atoms with Crippen LogP contribution in [0.1, 0.15) is 51.3 Å². The van der Waals surface area contributed by atoms with E-state index in [9.17, 15) is 5.11 Å². The summed E-state index contributed by atoms with van der Waals surface area (Å²) >= 11 is 0. The molecule has 168 valence electrons. The van der Waals surface area contributed by atoms with E-state index in [2.05, 4.69) is 77.6 Å². The number of fused-ring (bicyclic) bond motifs is 2. The highest BCUT2D eigenvalue weighted by Gasteiger charge is 2.55. The van der Waals surface area contributed by atoms with Crippen LogP contribution in [0, 0.1) is 5.41 Å². The van der Waals surface area contributed by atoms with Crippen molar-refractivity contribution in [2.24, 2.45) is 5.41 Å². The van der Waals surface area contributed by atoms with E-state index in [1.165, 1.54) is 0 Å². The number of para-hydroxylation sites is 3. The van der Waals surface area contributed by atoms with E-state index in [1.54, 1.807) is 6.07 Å². The highest BCUT2D eigenvalue weighted by atomic mass is 16.3. The Bertz CT molecular complexity index is 1390. The molecule has 0 amide bonds. The van der Waals surface area contributed by atoms with Gasteiger partial charge in [0.1, 0.15) is 27.8 Å². The molecule has 0 radical (unpaired) electrons. The standard InChI is InChI=1S/C26H28N6O/c1-24(2,16-10-6-7-15-21(16)33)25(3,4)26(5,17-11-8-13-19-22(17)29-31-27-19)18-12-9-14-20-23(18)30-32-28-20/h6-15,33H,1-5H3,(H,27,29,31)(H,28,30,32). The van der Waals surface area contributed by atoms with Gasteiger partial charge in [0.15, 0.2) is 0 Å². The summed E-state index contributed by atoms with van der Waals surface area (Å²) in [4.78, 5) is 0. The van der Waals surface area contributed by atoms with Crippen molar-refractivity contribution in [3.63, 3.8) is 0 Å². The number of hydrogen-bond acceptors (Lipinski definition) is 5. The molecule has 0 atom stereocenters. The van der Waals surface area contributed by atoms with Gasteiger partial charge in [-0.05, 0) is 40.2 Å². The Hall–Kier alpha value is -3.74. The lowest BCUT2D eigenvalue weighted by atomic mass is 9.48. The summed E-state index contributed by atoms with van der Waals surface area (Å²) in [5.41, 5.74) is 4.74. The first-order valence-electron chi connectivity index (χ1n) is 11.1. The van der Waals surface area contributed by atoms with Gasteiger partial charge in [-0.3, -0.25) is 0 Å². The number of rotatable bonds is 5. The summed E-state index contributed by atoms with van der Waals surface area (Å²) in [6.07, 6.45) is 0. The number of hydrogen-bond donors (Lipinski definition) is 3. The Morgan fingerprint density at radius 2 is 1.09 bits per heavy atom. The van der Waals surface area contributed by atoms with Gasteiger partial charge in [0.05, 0.1) is 0 Å². The Kier molecular flexibility index (Phi) is 4.57. The summed E-state index contributed by atoms with van der Waals surface area (Å²) in [6.45, 7) is 11.1. The van der Waals surface area contributed by atoms with Crippen LogP contribution in [0.4, 0.5) is 0 Å². The molecule has 5 rings (SSSR count). The van der Waals surface area contributed by atoms with E-state index in [-0.39, 0.29) is 5.75 Å². The topological polar surface area (TPSA) is 103 Å². The Morgan fingerprint density at radius 1 is 0.606 bits per heavy atom. The van der Waals surface area contributed by atoms with E-state index in [0.717, 1.165) is 38.8 Å². The molecule has 33 heavy (non-hydrogen) atoms. The third-order valence-corrected chi connectivity index (χ3v) is 8.16. The molecule has 0 spiro atoms. The second kappa shape index (κ2) is 7.13. The quantitative estimate of drug-likeness (QED) is 0.346. The molecule has 2 aromatic heterocycles. The smallest absolute Gasteiger partial charge is 0.119 e. The minimum Gasteiger partial charge on any atom is -0.508 e. The molecule has 0 bridgehead atoms. The zero-order valence-corrected chi connectivity index (χ0v) is 19.5. The average molecular weight is 441 g/mol. The molecule has 0 aliphatic heterocycles. The Balaban J connectivity index is 1.88. The average Bonchev–Trinajstić information content (AvgIpc) is 3.47. The van der Waals surface area contributed by atoms with E-state index in [0.29, 0.717) is 0 Å². The van der Waals surface area contributed by atoms with Crippen molar-refractivity contribution in [1.29, 1.82) is 0 Å². The number of benzene rings is 3. The van der Waals surface area contributed by atoms with Gasteiger partial charge in [-0.15, -0.1) is 0 Å². The van der Waals surface area contributed by atoms with Crippen LogP contribution < -0.4 is 0 Å². The van der Waals surface area contributed by atoms with Crippen molar-refractivity contribution < 1.29 is 5.11 Å². The predicted molar refractivity (Wildman–Crippen MR) is 129 cm³/mol. The van der Waals surface area contributed by atoms with Crippen LogP contribution in [0.25, 0.3) is 22.1 Å². The molecule has 0 unspecified atom stereocenters. The van der Waals surface area contributed by atoms with E-state index in [1.807, 2.05) is 42.5 Å². The first kappa shape index (κ1) is 21.1. The molecule has 2 heterocycles. The van der Waals surface area contributed by atoms with Crippen LogP contribution >= 0.6 is 0 Å². The summed E-state index contributed by atoms with van der Waals surface area (Å²) in [7, 11) is 0. The lowest BCUT2D eigenvalue weighted by Gasteiger charge is -2.54. The Labute approximate surface area is 192 Å². The summed E-state index contributed by atoms with van der Waals surface area (Å²) in [5, 5.41) is 34.2. The van der Waals surface area contributed by atoms with Crippen LogP contribution in [0.15, 0.2) is 60.7 Å².